The van der Waals surface area contributed by atoms with Crippen LogP contribution in [-0.4, -0.2) is 37.2 Å². The molecule has 0 saturated heterocycles. The minimum atomic E-state index is 0.427. The molecule has 6 heteroatoms. The Balaban J connectivity index is 2.18. The van der Waals surface area contributed by atoms with Crippen molar-refractivity contribution in [3.63, 3.8) is 0 Å². The normalized spacial score (nSPS) is 11.4. The number of aromatic nitrogens is 2. The van der Waals surface area contributed by atoms with Crippen molar-refractivity contribution < 1.29 is 14.0 Å². The zero-order valence-corrected chi connectivity index (χ0v) is 12.5. The van der Waals surface area contributed by atoms with Crippen molar-refractivity contribution in [2.45, 2.75) is 6.54 Å². The van der Waals surface area contributed by atoms with Crippen LogP contribution < -0.4 is 4.57 Å². The lowest BCUT2D eigenvalue weighted by atomic mass is 10.4. The van der Waals surface area contributed by atoms with Gasteiger partial charge in [-0.1, -0.05) is 13.2 Å². The molecule has 0 aliphatic carbocycles. The molecule has 0 aromatic carbocycles. The zero-order valence-electron chi connectivity index (χ0n) is 12.5. The second-order valence-corrected chi connectivity index (χ2v) is 4.10. The summed E-state index contributed by atoms with van der Waals surface area (Å²) in [5.41, 5.74) is 1.39. The Morgan fingerprint density at radius 1 is 1.36 bits per heavy atom. The molecule has 0 bridgehead atoms. The van der Waals surface area contributed by atoms with Gasteiger partial charge in [-0.05, 0) is 12.2 Å². The molecular weight excluding hydrogens is 280 g/mol. The van der Waals surface area contributed by atoms with Crippen LogP contribution in [0.1, 0.15) is 5.69 Å². The number of hydrogen-bond acceptors (Lipinski definition) is 5. The van der Waals surface area contributed by atoms with Crippen LogP contribution in [0.25, 0.3) is 6.08 Å². The van der Waals surface area contributed by atoms with Crippen molar-refractivity contribution >= 4 is 18.5 Å². The van der Waals surface area contributed by atoms with E-state index in [1.165, 1.54) is 12.5 Å². The second kappa shape index (κ2) is 11.1. The van der Waals surface area contributed by atoms with Crippen molar-refractivity contribution in [2.75, 3.05) is 19.8 Å². The van der Waals surface area contributed by atoms with Gasteiger partial charge in [-0.25, -0.2) is 4.98 Å². The van der Waals surface area contributed by atoms with Gasteiger partial charge in [0.05, 0.1) is 18.5 Å². The summed E-state index contributed by atoms with van der Waals surface area (Å²) in [5, 5.41) is 6.85. The summed E-state index contributed by atoms with van der Waals surface area (Å²) in [6.45, 7) is 9.52. The molecular formula is C16H21N4O2+. The first kappa shape index (κ1) is 17.5. The van der Waals surface area contributed by atoms with E-state index in [9.17, 15) is 0 Å². The predicted octanol–water partition coefficient (Wildman–Crippen LogP) is 1.79. The quantitative estimate of drug-likeness (QED) is 0.223. The summed E-state index contributed by atoms with van der Waals surface area (Å²) in [7, 11) is 0. The summed E-state index contributed by atoms with van der Waals surface area (Å²) >= 11 is 0. The van der Waals surface area contributed by atoms with Gasteiger partial charge in [0, 0.05) is 12.4 Å². The molecule has 1 aromatic heterocycles. The van der Waals surface area contributed by atoms with Gasteiger partial charge in [-0.15, -0.1) is 0 Å². The Bertz CT molecular complexity index is 553. The van der Waals surface area contributed by atoms with Crippen molar-refractivity contribution in [1.29, 1.82) is 5.41 Å². The Morgan fingerprint density at radius 3 is 2.95 bits per heavy atom. The standard InChI is InChI=1S/C16H21N4O2/c1-3-15-13-20(8-7-19-15)9-10-21-11-12-22-14-16(4-2)18-6-5-17/h3-8,13-14,17H,1-2,9-12H2/q+1/b16-14-,17-5?,18-6?. The zero-order chi connectivity index (χ0) is 16.0. The third-order valence-corrected chi connectivity index (χ3v) is 2.54. The van der Waals surface area contributed by atoms with E-state index in [0.29, 0.717) is 25.5 Å². The molecule has 0 fully saturated rings. The Morgan fingerprint density at radius 2 is 2.23 bits per heavy atom. The molecule has 0 aliphatic heterocycles. The van der Waals surface area contributed by atoms with E-state index in [1.807, 2.05) is 17.0 Å². The number of ether oxygens (including phenoxy) is 2. The number of aliphatic imine (C=N–C) groups is 1. The van der Waals surface area contributed by atoms with Crippen LogP contribution in [0.2, 0.25) is 0 Å². The smallest absolute Gasteiger partial charge is 0.194 e. The molecule has 0 unspecified atom stereocenters. The molecule has 6 nitrogen and oxygen atoms in total. The van der Waals surface area contributed by atoms with E-state index in [2.05, 4.69) is 23.1 Å². The van der Waals surface area contributed by atoms with Crippen LogP contribution in [0.15, 0.2) is 54.8 Å². The summed E-state index contributed by atoms with van der Waals surface area (Å²) in [6.07, 6.45) is 12.7. The first-order chi connectivity index (χ1) is 10.8. The minimum Gasteiger partial charge on any atom is -0.497 e. The van der Waals surface area contributed by atoms with Crippen molar-refractivity contribution in [1.82, 2.24) is 4.98 Å². The molecule has 1 N–H and O–H groups in total. The van der Waals surface area contributed by atoms with Gasteiger partial charge in [0.1, 0.15) is 25.2 Å². The van der Waals surface area contributed by atoms with Gasteiger partial charge < -0.3 is 14.9 Å². The fraction of sp³-hybridized carbons (Fsp3) is 0.250. The monoisotopic (exact) mass is 301 g/mol. The Labute approximate surface area is 130 Å². The van der Waals surface area contributed by atoms with Crippen LogP contribution in [0.5, 0.6) is 0 Å². The molecule has 22 heavy (non-hydrogen) atoms. The average Bonchev–Trinajstić information content (AvgIpc) is 2.57. The highest BCUT2D eigenvalue weighted by Crippen LogP contribution is 1.97. The summed E-state index contributed by atoms with van der Waals surface area (Å²) in [6, 6.07) is 0. The number of rotatable bonds is 11. The van der Waals surface area contributed by atoms with Crippen LogP contribution in [-0.2, 0) is 16.0 Å². The molecule has 1 aromatic rings. The molecule has 0 radical (unpaired) electrons. The van der Waals surface area contributed by atoms with E-state index in [0.717, 1.165) is 18.5 Å². The summed E-state index contributed by atoms with van der Waals surface area (Å²) in [5.74, 6) is 0. The highest BCUT2D eigenvalue weighted by molar-refractivity contribution is 6.14. The van der Waals surface area contributed by atoms with Crippen LogP contribution in [0.4, 0.5) is 0 Å². The molecule has 0 amide bonds. The highest BCUT2D eigenvalue weighted by atomic mass is 16.5. The number of nitrogens with zero attached hydrogens (tertiary/aromatic N) is 3. The fourth-order valence-electron chi connectivity index (χ4n) is 1.47. The second-order valence-electron chi connectivity index (χ2n) is 4.10. The van der Waals surface area contributed by atoms with E-state index >= 15 is 0 Å². The SMILES string of the molecule is C=C/C(=C/OCCOCC[n+]1ccnc(C=C)c1)N=CC=N. The Kier molecular flexibility index (Phi) is 8.81. The number of hydrogen-bond donors (Lipinski definition) is 1. The van der Waals surface area contributed by atoms with E-state index in [4.69, 9.17) is 14.9 Å². The van der Waals surface area contributed by atoms with E-state index in [-0.39, 0.29) is 0 Å². The molecule has 1 rings (SSSR count). The lowest BCUT2D eigenvalue weighted by Gasteiger charge is -2.03. The van der Waals surface area contributed by atoms with Gasteiger partial charge in [0.2, 0.25) is 0 Å². The Hall–Kier alpha value is -2.60. The third-order valence-electron chi connectivity index (χ3n) is 2.54. The lowest BCUT2D eigenvalue weighted by Crippen LogP contribution is -2.36. The van der Waals surface area contributed by atoms with Crippen LogP contribution >= 0.6 is 0 Å². The molecule has 0 saturated carbocycles. The highest BCUT2D eigenvalue weighted by Gasteiger charge is 2.01. The molecule has 1 heterocycles. The number of allylic oxidation sites excluding steroid dienone is 1. The van der Waals surface area contributed by atoms with Crippen molar-refractivity contribution in [3.05, 3.63) is 55.5 Å². The third kappa shape index (κ3) is 7.25. The lowest BCUT2D eigenvalue weighted by molar-refractivity contribution is -0.699. The van der Waals surface area contributed by atoms with Crippen LogP contribution in [0.3, 0.4) is 0 Å². The van der Waals surface area contributed by atoms with Gasteiger partial charge in [0.15, 0.2) is 18.9 Å². The summed E-state index contributed by atoms with van der Waals surface area (Å²) in [4.78, 5) is 8.08. The van der Waals surface area contributed by atoms with E-state index < -0.39 is 0 Å². The predicted molar refractivity (Wildman–Crippen MR) is 86.8 cm³/mol. The minimum absolute atomic E-state index is 0.427. The van der Waals surface area contributed by atoms with Gasteiger partial charge in [-0.3, -0.25) is 4.99 Å². The largest absolute Gasteiger partial charge is 0.497 e. The van der Waals surface area contributed by atoms with Crippen LogP contribution in [0, 0.1) is 5.41 Å². The van der Waals surface area contributed by atoms with Gasteiger partial charge in [-0.2, -0.15) is 4.57 Å². The molecule has 0 spiro atoms. The maximum absolute atomic E-state index is 6.85. The molecule has 116 valence electrons. The van der Waals surface area contributed by atoms with Gasteiger partial charge in [0.25, 0.3) is 0 Å². The summed E-state index contributed by atoms with van der Waals surface area (Å²) < 4.78 is 12.8. The van der Waals surface area contributed by atoms with Crippen molar-refractivity contribution in [3.8, 4) is 0 Å². The van der Waals surface area contributed by atoms with E-state index in [1.54, 1.807) is 18.3 Å². The first-order valence-corrected chi connectivity index (χ1v) is 6.82. The average molecular weight is 301 g/mol. The maximum atomic E-state index is 6.85. The van der Waals surface area contributed by atoms with Crippen molar-refractivity contribution in [2.24, 2.45) is 4.99 Å². The maximum Gasteiger partial charge on any atom is 0.194 e. The molecule has 0 atom stereocenters. The topological polar surface area (TPSA) is 71.4 Å². The molecule has 0 aliphatic rings. The number of nitrogens with one attached hydrogen (secondary N) is 1. The van der Waals surface area contributed by atoms with Gasteiger partial charge >= 0.3 is 0 Å². The first-order valence-electron chi connectivity index (χ1n) is 6.82. The fourth-order valence-corrected chi connectivity index (χ4v) is 1.47.